The van der Waals surface area contributed by atoms with E-state index in [1.54, 1.807) is 0 Å². The van der Waals surface area contributed by atoms with Crippen molar-refractivity contribution in [2.24, 2.45) is 0 Å². The van der Waals surface area contributed by atoms with E-state index in [2.05, 4.69) is 62.5 Å². The second-order valence-electron chi connectivity index (χ2n) is 7.60. The zero-order valence-electron chi connectivity index (χ0n) is 18.5. The van der Waals surface area contributed by atoms with Crippen LogP contribution in [0, 0.1) is 0 Å². The Kier molecular flexibility index (Phi) is 12.2. The standard InChI is InChI=1S/C25H38O5/c1-3-5-7-9-11-13-15-21-23(29-21)17-19-27-25(26)28-20-18-24-22(30-24)16-14-12-10-8-6-4-2/h5-8,11-14,21-24H,3-4,9-10,15-20H2,1-2H3/b7-5+,8-6+,13-11-,14-12-/t21-,22-,23+,24+/m0/s1. The van der Waals surface area contributed by atoms with Crippen LogP contribution < -0.4 is 0 Å². The Morgan fingerprint density at radius 1 is 0.667 bits per heavy atom. The molecule has 0 unspecified atom stereocenters. The van der Waals surface area contributed by atoms with E-state index in [1.165, 1.54) is 0 Å². The largest absolute Gasteiger partial charge is 0.508 e. The van der Waals surface area contributed by atoms with Gasteiger partial charge >= 0.3 is 6.16 Å². The Labute approximate surface area is 181 Å². The first-order chi connectivity index (χ1) is 14.7. The predicted octanol–water partition coefficient (Wildman–Crippen LogP) is 6.06. The zero-order valence-corrected chi connectivity index (χ0v) is 18.5. The summed E-state index contributed by atoms with van der Waals surface area (Å²) < 4.78 is 21.4. The summed E-state index contributed by atoms with van der Waals surface area (Å²) in [6.45, 7) is 4.93. The van der Waals surface area contributed by atoms with Gasteiger partial charge in [0.05, 0.1) is 37.6 Å². The van der Waals surface area contributed by atoms with Crippen LogP contribution in [0.4, 0.5) is 4.79 Å². The number of hydrogen-bond acceptors (Lipinski definition) is 5. The number of ether oxygens (including phenoxy) is 4. The van der Waals surface area contributed by atoms with Gasteiger partial charge in [-0.05, 0) is 38.5 Å². The van der Waals surface area contributed by atoms with Crippen molar-refractivity contribution in [1.29, 1.82) is 0 Å². The summed E-state index contributed by atoms with van der Waals surface area (Å²) in [5.74, 6) is 0. The molecule has 2 aliphatic rings. The van der Waals surface area contributed by atoms with Gasteiger partial charge in [-0.2, -0.15) is 0 Å². The predicted molar refractivity (Wildman–Crippen MR) is 119 cm³/mol. The van der Waals surface area contributed by atoms with Crippen molar-refractivity contribution in [3.8, 4) is 0 Å². The lowest BCUT2D eigenvalue weighted by Crippen LogP contribution is -2.12. The van der Waals surface area contributed by atoms with E-state index in [1.807, 2.05) is 0 Å². The van der Waals surface area contributed by atoms with Gasteiger partial charge in [-0.3, -0.25) is 0 Å². The highest BCUT2D eigenvalue weighted by Gasteiger charge is 2.38. The lowest BCUT2D eigenvalue weighted by atomic mass is 10.2. The smallest absolute Gasteiger partial charge is 0.434 e. The van der Waals surface area contributed by atoms with Crippen molar-refractivity contribution in [1.82, 2.24) is 0 Å². The van der Waals surface area contributed by atoms with Gasteiger partial charge in [-0.15, -0.1) is 0 Å². The minimum absolute atomic E-state index is 0.194. The molecule has 0 aromatic rings. The highest BCUT2D eigenvalue weighted by atomic mass is 16.7. The fraction of sp³-hybridized carbons (Fsp3) is 0.640. The highest BCUT2D eigenvalue weighted by Crippen LogP contribution is 2.29. The number of rotatable bonds is 16. The molecule has 2 heterocycles. The Morgan fingerprint density at radius 3 is 1.53 bits per heavy atom. The average molecular weight is 419 g/mol. The van der Waals surface area contributed by atoms with Gasteiger partial charge in [0.2, 0.25) is 0 Å². The Hall–Kier alpha value is -1.85. The molecule has 0 spiro atoms. The highest BCUT2D eigenvalue weighted by molar-refractivity contribution is 5.59. The maximum Gasteiger partial charge on any atom is 0.508 e. The third kappa shape index (κ3) is 11.4. The van der Waals surface area contributed by atoms with E-state index in [0.29, 0.717) is 13.2 Å². The third-order valence-corrected chi connectivity index (χ3v) is 5.04. The maximum atomic E-state index is 11.6. The van der Waals surface area contributed by atoms with Crippen LogP contribution in [-0.2, 0) is 18.9 Å². The lowest BCUT2D eigenvalue weighted by molar-refractivity contribution is 0.0512. The van der Waals surface area contributed by atoms with Gasteiger partial charge in [-0.25, -0.2) is 4.79 Å². The van der Waals surface area contributed by atoms with Gasteiger partial charge < -0.3 is 18.9 Å². The molecular weight excluding hydrogens is 380 g/mol. The minimum atomic E-state index is -0.602. The number of carbonyl (C=O) groups is 1. The van der Waals surface area contributed by atoms with Crippen LogP contribution in [0.5, 0.6) is 0 Å². The fourth-order valence-corrected chi connectivity index (χ4v) is 3.18. The van der Waals surface area contributed by atoms with Crippen molar-refractivity contribution in [3.05, 3.63) is 48.6 Å². The maximum absolute atomic E-state index is 11.6. The molecule has 0 N–H and O–H groups in total. The van der Waals surface area contributed by atoms with Crippen molar-refractivity contribution in [2.75, 3.05) is 13.2 Å². The van der Waals surface area contributed by atoms with Crippen LogP contribution in [0.3, 0.4) is 0 Å². The molecule has 0 amide bonds. The van der Waals surface area contributed by atoms with Gasteiger partial charge in [0.15, 0.2) is 0 Å². The van der Waals surface area contributed by atoms with Crippen LogP contribution in [0.15, 0.2) is 48.6 Å². The van der Waals surface area contributed by atoms with E-state index >= 15 is 0 Å². The topological polar surface area (TPSA) is 60.6 Å². The number of allylic oxidation sites excluding steroid dienone is 6. The molecule has 2 aliphatic heterocycles. The van der Waals surface area contributed by atoms with Crippen LogP contribution in [0.2, 0.25) is 0 Å². The third-order valence-electron chi connectivity index (χ3n) is 5.04. The molecule has 0 saturated carbocycles. The number of carbonyl (C=O) groups excluding carboxylic acids is 1. The Morgan fingerprint density at radius 2 is 1.10 bits per heavy atom. The van der Waals surface area contributed by atoms with Gasteiger partial charge in [0.1, 0.15) is 0 Å². The van der Waals surface area contributed by atoms with E-state index in [0.717, 1.165) is 51.4 Å². The number of epoxide rings is 2. The summed E-state index contributed by atoms with van der Waals surface area (Å²) in [6, 6.07) is 0. The van der Waals surface area contributed by atoms with Gasteiger partial charge in [0.25, 0.3) is 0 Å². The molecule has 168 valence electrons. The van der Waals surface area contributed by atoms with E-state index in [9.17, 15) is 4.79 Å². The quantitative estimate of drug-likeness (QED) is 0.173. The number of hydrogen-bond donors (Lipinski definition) is 0. The monoisotopic (exact) mass is 418 g/mol. The van der Waals surface area contributed by atoms with E-state index in [4.69, 9.17) is 18.9 Å². The van der Waals surface area contributed by atoms with Crippen molar-refractivity contribution in [2.45, 2.75) is 89.6 Å². The van der Waals surface area contributed by atoms with Crippen LogP contribution >= 0.6 is 0 Å². The van der Waals surface area contributed by atoms with Gasteiger partial charge in [-0.1, -0.05) is 62.5 Å². The molecule has 0 aromatic heterocycles. The first-order valence-corrected chi connectivity index (χ1v) is 11.4. The van der Waals surface area contributed by atoms with Crippen molar-refractivity contribution < 1.29 is 23.7 Å². The summed E-state index contributed by atoms with van der Waals surface area (Å²) in [6.07, 6.45) is 25.0. The summed E-state index contributed by atoms with van der Waals surface area (Å²) in [4.78, 5) is 11.6. The molecule has 0 aliphatic carbocycles. The van der Waals surface area contributed by atoms with Crippen LogP contribution in [-0.4, -0.2) is 43.8 Å². The van der Waals surface area contributed by atoms with Crippen molar-refractivity contribution in [3.63, 3.8) is 0 Å². The molecule has 5 nitrogen and oxygen atoms in total. The van der Waals surface area contributed by atoms with Crippen LogP contribution in [0.25, 0.3) is 0 Å². The van der Waals surface area contributed by atoms with Gasteiger partial charge in [0, 0.05) is 12.8 Å². The summed E-state index contributed by atoms with van der Waals surface area (Å²) in [7, 11) is 0. The molecule has 0 bridgehead atoms. The average Bonchev–Trinajstić information content (AvgIpc) is 3.65. The molecule has 2 fully saturated rings. The molecule has 2 rings (SSSR count). The molecule has 5 heteroatoms. The SMILES string of the molecule is CC/C=C/C/C=C\C[C@@H]1O[C@@H]1CCOC(=O)OCC[C@H]1O[C@H]1C/C=C\C/C=C/CC. The minimum Gasteiger partial charge on any atom is -0.434 e. The van der Waals surface area contributed by atoms with Crippen molar-refractivity contribution >= 4 is 6.16 Å². The summed E-state index contributed by atoms with van der Waals surface area (Å²) in [5, 5.41) is 0. The van der Waals surface area contributed by atoms with E-state index < -0.39 is 6.16 Å². The molecule has 30 heavy (non-hydrogen) atoms. The second-order valence-corrected chi connectivity index (χ2v) is 7.60. The fourth-order valence-electron chi connectivity index (χ4n) is 3.18. The zero-order chi connectivity index (χ0) is 21.4. The summed E-state index contributed by atoms with van der Waals surface area (Å²) >= 11 is 0. The molecule has 0 aromatic carbocycles. The molecule has 4 atom stereocenters. The second kappa shape index (κ2) is 15.0. The molecule has 0 radical (unpaired) electrons. The summed E-state index contributed by atoms with van der Waals surface area (Å²) in [5.41, 5.74) is 0. The van der Waals surface area contributed by atoms with E-state index in [-0.39, 0.29) is 24.4 Å². The molecular formula is C25H38O5. The Bertz CT molecular complexity index is 542. The lowest BCUT2D eigenvalue weighted by Gasteiger charge is -2.04. The molecule has 2 saturated heterocycles. The first-order valence-electron chi connectivity index (χ1n) is 11.4. The normalized spacial score (nSPS) is 25.7. The van der Waals surface area contributed by atoms with Crippen LogP contribution in [0.1, 0.15) is 65.2 Å². The first kappa shape index (κ1) is 24.4. The Balaban J connectivity index is 1.39.